The van der Waals surface area contributed by atoms with E-state index in [0.717, 1.165) is 41.7 Å². The zero-order chi connectivity index (χ0) is 24.5. The predicted octanol–water partition coefficient (Wildman–Crippen LogP) is 2.60. The summed E-state index contributed by atoms with van der Waals surface area (Å²) in [6.07, 6.45) is 4.86. The average molecular weight is 474 g/mol. The maximum absolute atomic E-state index is 13.5. The minimum Gasteiger partial charge on any atom is -0.356 e. The van der Waals surface area contributed by atoms with Crippen LogP contribution in [0.5, 0.6) is 0 Å². The van der Waals surface area contributed by atoms with Gasteiger partial charge in [0.05, 0.1) is 11.1 Å². The highest BCUT2D eigenvalue weighted by Gasteiger charge is 2.45. The summed E-state index contributed by atoms with van der Waals surface area (Å²) >= 11 is 0. The maximum Gasteiger partial charge on any atom is 0.262 e. The van der Waals surface area contributed by atoms with E-state index in [1.54, 1.807) is 18.2 Å². The number of hydrogen-bond acceptors (Lipinski definition) is 5. The molecule has 1 saturated heterocycles. The number of imide groups is 2. The second-order valence-corrected chi connectivity index (χ2v) is 9.35. The van der Waals surface area contributed by atoms with Gasteiger partial charge >= 0.3 is 0 Å². The fourth-order valence-corrected chi connectivity index (χ4v) is 5.39. The number of carbonyl (C=O) groups is 5. The summed E-state index contributed by atoms with van der Waals surface area (Å²) in [5.41, 5.74) is 2.90. The third-order valence-electron chi connectivity index (χ3n) is 7.20. The second kappa shape index (κ2) is 9.44. The molecule has 8 nitrogen and oxygen atoms in total. The van der Waals surface area contributed by atoms with Crippen LogP contribution in [0.2, 0.25) is 0 Å². The normalized spacial score (nSPS) is 20.2. The Balaban J connectivity index is 1.40. The van der Waals surface area contributed by atoms with Gasteiger partial charge in [0.15, 0.2) is 0 Å². The lowest BCUT2D eigenvalue weighted by atomic mass is 9.92. The highest BCUT2D eigenvalue weighted by atomic mass is 16.2. The molecule has 2 N–H and O–H groups in total. The summed E-state index contributed by atoms with van der Waals surface area (Å²) in [4.78, 5) is 64.0. The smallest absolute Gasteiger partial charge is 0.262 e. The van der Waals surface area contributed by atoms with Gasteiger partial charge in [0.1, 0.15) is 6.04 Å². The van der Waals surface area contributed by atoms with Crippen molar-refractivity contribution < 1.29 is 24.0 Å². The van der Waals surface area contributed by atoms with Gasteiger partial charge in [-0.15, -0.1) is 0 Å². The number of hydrogen-bond donors (Lipinski definition) is 2. The van der Waals surface area contributed by atoms with Crippen LogP contribution < -0.4 is 10.6 Å². The third-order valence-corrected chi connectivity index (χ3v) is 7.20. The maximum atomic E-state index is 13.5. The minimum atomic E-state index is -1.01. The zero-order valence-corrected chi connectivity index (χ0v) is 19.3. The molecule has 1 atom stereocenters. The first-order valence-corrected chi connectivity index (χ1v) is 12.2. The number of rotatable bonds is 6. The van der Waals surface area contributed by atoms with E-state index in [2.05, 4.69) is 10.6 Å². The van der Waals surface area contributed by atoms with Gasteiger partial charge in [-0.3, -0.25) is 34.2 Å². The number of amides is 5. The van der Waals surface area contributed by atoms with Crippen molar-refractivity contribution in [2.75, 3.05) is 6.54 Å². The van der Waals surface area contributed by atoms with E-state index in [-0.39, 0.29) is 35.8 Å². The van der Waals surface area contributed by atoms with Crippen LogP contribution in [0.25, 0.3) is 11.1 Å². The van der Waals surface area contributed by atoms with Crippen LogP contribution in [0, 0.1) is 5.92 Å². The van der Waals surface area contributed by atoms with Crippen molar-refractivity contribution in [2.45, 2.75) is 51.0 Å². The van der Waals surface area contributed by atoms with Gasteiger partial charge in [-0.1, -0.05) is 49.2 Å². The van der Waals surface area contributed by atoms with Crippen molar-refractivity contribution in [1.29, 1.82) is 0 Å². The van der Waals surface area contributed by atoms with Crippen LogP contribution in [0.1, 0.15) is 64.8 Å². The molecule has 1 unspecified atom stereocenters. The number of piperidine rings is 1. The molecule has 2 fully saturated rings. The molecule has 2 heterocycles. The first kappa shape index (κ1) is 23.0. The first-order chi connectivity index (χ1) is 17.0. The topological polar surface area (TPSA) is 113 Å². The molecule has 1 aliphatic carbocycles. The predicted molar refractivity (Wildman–Crippen MR) is 127 cm³/mol. The lowest BCUT2D eigenvalue weighted by Gasteiger charge is -2.27. The van der Waals surface area contributed by atoms with Crippen molar-refractivity contribution in [3.8, 4) is 11.1 Å². The second-order valence-electron chi connectivity index (χ2n) is 9.35. The summed E-state index contributed by atoms with van der Waals surface area (Å²) in [6.45, 7) is 0.483. The van der Waals surface area contributed by atoms with Crippen molar-refractivity contribution in [3.05, 3.63) is 59.2 Å². The molecule has 8 heteroatoms. The van der Waals surface area contributed by atoms with Gasteiger partial charge in [-0.2, -0.15) is 0 Å². The van der Waals surface area contributed by atoms with E-state index in [9.17, 15) is 24.0 Å². The minimum absolute atomic E-state index is 0.0755. The van der Waals surface area contributed by atoms with E-state index in [1.807, 2.05) is 24.3 Å². The first-order valence-electron chi connectivity index (χ1n) is 12.2. The van der Waals surface area contributed by atoms with Crippen LogP contribution in [0.4, 0.5) is 0 Å². The number of fused-ring (bicyclic) bond motifs is 1. The Hall–Kier alpha value is -3.81. The molecule has 180 valence electrons. The Morgan fingerprint density at radius 3 is 2.37 bits per heavy atom. The van der Waals surface area contributed by atoms with E-state index >= 15 is 0 Å². The van der Waals surface area contributed by atoms with Crippen molar-refractivity contribution >= 4 is 29.5 Å². The van der Waals surface area contributed by atoms with Crippen molar-refractivity contribution in [3.63, 3.8) is 0 Å². The quantitative estimate of drug-likeness (QED) is 0.627. The van der Waals surface area contributed by atoms with Gasteiger partial charge in [0.2, 0.25) is 17.7 Å². The van der Waals surface area contributed by atoms with Gasteiger partial charge in [-0.25, -0.2) is 0 Å². The highest BCUT2D eigenvalue weighted by Crippen LogP contribution is 2.36. The summed E-state index contributed by atoms with van der Waals surface area (Å²) in [5.74, 6) is -1.89. The molecule has 1 saturated carbocycles. The van der Waals surface area contributed by atoms with Crippen LogP contribution in [-0.4, -0.2) is 47.0 Å². The molecule has 3 aliphatic rings. The Bertz CT molecular complexity index is 1230. The molecule has 0 radical (unpaired) electrons. The van der Waals surface area contributed by atoms with Crippen molar-refractivity contribution in [2.24, 2.45) is 5.92 Å². The standard InChI is InChI=1S/C27H27N3O5/c31-22-13-12-21(25(33)29-22)30-26(34)20-11-5-10-19(23(20)27(30)35)18-9-4-3-6-16(18)14-15-28-24(32)17-7-1-2-8-17/h3-6,9-11,17,21H,1-2,7-8,12-15H2,(H,28,32)(H,29,31,33). The monoisotopic (exact) mass is 473 g/mol. The Morgan fingerprint density at radius 2 is 1.60 bits per heavy atom. The number of nitrogens with one attached hydrogen (secondary N) is 2. The highest BCUT2D eigenvalue weighted by molar-refractivity contribution is 6.25. The number of carbonyl (C=O) groups excluding carboxylic acids is 5. The summed E-state index contributed by atoms with van der Waals surface area (Å²) < 4.78 is 0. The Kier molecular flexibility index (Phi) is 6.19. The molecule has 2 aromatic carbocycles. The molecular weight excluding hydrogens is 446 g/mol. The van der Waals surface area contributed by atoms with Gasteiger partial charge in [-0.05, 0) is 48.4 Å². The molecule has 2 aromatic rings. The summed E-state index contributed by atoms with van der Waals surface area (Å²) in [6, 6.07) is 11.7. The molecule has 35 heavy (non-hydrogen) atoms. The Morgan fingerprint density at radius 1 is 0.886 bits per heavy atom. The molecule has 0 spiro atoms. The summed E-state index contributed by atoms with van der Waals surface area (Å²) in [7, 11) is 0. The molecule has 5 rings (SSSR count). The summed E-state index contributed by atoms with van der Waals surface area (Å²) in [5, 5.41) is 5.26. The largest absolute Gasteiger partial charge is 0.356 e. The lowest BCUT2D eigenvalue weighted by molar-refractivity contribution is -0.136. The van der Waals surface area contributed by atoms with Crippen molar-refractivity contribution in [1.82, 2.24) is 15.5 Å². The molecule has 5 amide bonds. The van der Waals surface area contributed by atoms with Crippen LogP contribution in [-0.2, 0) is 20.8 Å². The Labute approximate surface area is 203 Å². The van der Waals surface area contributed by atoms with E-state index in [4.69, 9.17) is 0 Å². The fourth-order valence-electron chi connectivity index (χ4n) is 5.39. The zero-order valence-electron chi connectivity index (χ0n) is 19.3. The van der Waals surface area contributed by atoms with Crippen LogP contribution in [0.15, 0.2) is 42.5 Å². The number of benzene rings is 2. The molecule has 0 aromatic heterocycles. The van der Waals surface area contributed by atoms with Gasteiger partial charge < -0.3 is 5.32 Å². The van der Waals surface area contributed by atoms with E-state index in [0.29, 0.717) is 18.5 Å². The van der Waals surface area contributed by atoms with Gasteiger partial charge in [0, 0.05) is 18.9 Å². The molecular formula is C27H27N3O5. The van der Waals surface area contributed by atoms with Crippen LogP contribution in [0.3, 0.4) is 0 Å². The molecule has 0 bridgehead atoms. The van der Waals surface area contributed by atoms with E-state index in [1.165, 1.54) is 0 Å². The molecule has 2 aliphatic heterocycles. The fraction of sp³-hybridized carbons (Fsp3) is 0.370. The number of nitrogens with zero attached hydrogens (tertiary/aromatic N) is 1. The van der Waals surface area contributed by atoms with Gasteiger partial charge in [0.25, 0.3) is 11.8 Å². The average Bonchev–Trinajstić information content (AvgIpc) is 3.48. The van der Waals surface area contributed by atoms with E-state index < -0.39 is 29.7 Å². The lowest BCUT2D eigenvalue weighted by Crippen LogP contribution is -2.54. The SMILES string of the molecule is O=C1CCC(N2C(=O)c3cccc(-c4ccccc4CCNC(=O)C4CCCC4)c3C2=O)C(=O)N1. The van der Waals surface area contributed by atoms with Crippen LogP contribution >= 0.6 is 0 Å². The third kappa shape index (κ3) is 4.24.